The molecule has 0 unspecified atom stereocenters. The summed E-state index contributed by atoms with van der Waals surface area (Å²) in [5.41, 5.74) is 2.11. The third-order valence-electron chi connectivity index (χ3n) is 7.39. The molecule has 1 aromatic heterocycles. The minimum Gasteiger partial charge on any atom is -0.427 e. The van der Waals surface area contributed by atoms with E-state index in [1.807, 2.05) is 54.0 Å². The third-order valence-corrected chi connectivity index (χ3v) is 7.39. The van der Waals surface area contributed by atoms with Crippen molar-refractivity contribution >= 4 is 23.7 Å². The van der Waals surface area contributed by atoms with E-state index in [0.717, 1.165) is 55.1 Å². The lowest BCUT2D eigenvalue weighted by Gasteiger charge is -2.34. The van der Waals surface area contributed by atoms with Gasteiger partial charge in [0, 0.05) is 19.0 Å². The molecule has 0 atom stereocenters. The quantitative estimate of drug-likeness (QED) is 0.300. The van der Waals surface area contributed by atoms with Gasteiger partial charge in [0.15, 0.2) is 11.5 Å². The first kappa shape index (κ1) is 24.0. The van der Waals surface area contributed by atoms with Crippen molar-refractivity contribution in [1.29, 1.82) is 0 Å². The van der Waals surface area contributed by atoms with E-state index in [0.29, 0.717) is 30.4 Å². The Labute approximate surface area is 221 Å². The first-order chi connectivity index (χ1) is 18.5. The van der Waals surface area contributed by atoms with E-state index in [4.69, 9.17) is 14.7 Å². The van der Waals surface area contributed by atoms with Crippen molar-refractivity contribution in [2.45, 2.75) is 51.6 Å². The van der Waals surface area contributed by atoms with Crippen molar-refractivity contribution < 1.29 is 14.3 Å². The van der Waals surface area contributed by atoms with Crippen LogP contribution in [0.1, 0.15) is 67.0 Å². The molecule has 3 aliphatic rings. The molecule has 0 bridgehead atoms. The number of aliphatic imine (C=N–C) groups is 1. The number of nitrogens with zero attached hydrogens (tertiary/aromatic N) is 5. The number of carbonyl (C=O) groups excluding carboxylic acids is 2. The van der Waals surface area contributed by atoms with Gasteiger partial charge in [-0.25, -0.2) is 9.98 Å². The molecule has 3 aromatic rings. The number of rotatable bonds is 4. The number of hydrogen-bond donors (Lipinski definition) is 0. The smallest absolute Gasteiger partial charge is 0.308 e. The molecule has 8 nitrogen and oxygen atoms in total. The predicted molar refractivity (Wildman–Crippen MR) is 144 cm³/mol. The molecule has 1 fully saturated rings. The number of anilines is 1. The van der Waals surface area contributed by atoms with Crippen LogP contribution in [0, 0.1) is 11.8 Å². The van der Waals surface area contributed by atoms with Crippen molar-refractivity contribution in [2.24, 2.45) is 4.99 Å². The number of benzene rings is 2. The van der Waals surface area contributed by atoms with Crippen LogP contribution in [-0.4, -0.2) is 50.9 Å². The average molecular weight is 508 g/mol. The highest BCUT2D eigenvalue weighted by molar-refractivity contribution is 6.18. The lowest BCUT2D eigenvalue weighted by molar-refractivity contribution is -0.131. The second-order valence-electron chi connectivity index (χ2n) is 10.0. The van der Waals surface area contributed by atoms with Gasteiger partial charge in [-0.05, 0) is 55.5 Å². The zero-order valence-electron chi connectivity index (χ0n) is 21.6. The minimum atomic E-state index is -0.361. The Bertz CT molecular complexity index is 1490. The topological polar surface area (TPSA) is 80.0 Å². The average Bonchev–Trinajstić information content (AvgIpc) is 3.62. The molecule has 1 aliphatic carbocycles. The fourth-order valence-electron chi connectivity index (χ4n) is 5.62. The molecule has 8 heteroatoms. The summed E-state index contributed by atoms with van der Waals surface area (Å²) < 4.78 is 7.23. The fourth-order valence-corrected chi connectivity index (χ4v) is 5.62. The number of imidazole rings is 1. The van der Waals surface area contributed by atoms with Gasteiger partial charge in [0.2, 0.25) is 5.96 Å². The van der Waals surface area contributed by atoms with Gasteiger partial charge in [-0.15, -0.1) is 0 Å². The summed E-state index contributed by atoms with van der Waals surface area (Å²) in [5.74, 6) is 8.44. The second kappa shape index (κ2) is 9.49. The van der Waals surface area contributed by atoms with E-state index in [1.54, 1.807) is 17.0 Å². The predicted octanol–water partition coefficient (Wildman–Crippen LogP) is 4.22. The summed E-state index contributed by atoms with van der Waals surface area (Å²) >= 11 is 0. The van der Waals surface area contributed by atoms with E-state index in [-0.39, 0.29) is 17.4 Å². The fraction of sp³-hybridized carbons (Fsp3) is 0.333. The van der Waals surface area contributed by atoms with Gasteiger partial charge in [0.1, 0.15) is 11.6 Å². The molecule has 0 saturated heterocycles. The van der Waals surface area contributed by atoms with E-state index < -0.39 is 0 Å². The summed E-state index contributed by atoms with van der Waals surface area (Å²) in [4.78, 5) is 38.9. The Morgan fingerprint density at radius 3 is 2.47 bits per heavy atom. The number of carbonyl (C=O) groups is 2. The molecule has 192 valence electrons. The Hall–Kier alpha value is -4.38. The van der Waals surface area contributed by atoms with Crippen LogP contribution < -0.4 is 9.64 Å². The van der Waals surface area contributed by atoms with Gasteiger partial charge in [-0.3, -0.25) is 24.0 Å². The monoisotopic (exact) mass is 507 g/mol. The Morgan fingerprint density at radius 1 is 1.05 bits per heavy atom. The van der Waals surface area contributed by atoms with Crippen molar-refractivity contribution in [3.63, 3.8) is 0 Å². The van der Waals surface area contributed by atoms with E-state index >= 15 is 0 Å². The maximum Gasteiger partial charge on any atom is 0.308 e. The second-order valence-corrected chi connectivity index (χ2v) is 10.0. The van der Waals surface area contributed by atoms with Crippen molar-refractivity contribution in [1.82, 2.24) is 14.5 Å². The maximum absolute atomic E-state index is 13.7. The van der Waals surface area contributed by atoms with E-state index in [9.17, 15) is 9.59 Å². The molecule has 3 heterocycles. The number of aromatic nitrogens is 2. The molecule has 6 rings (SSSR count). The molecular formula is C30H29N5O3. The number of esters is 1. The lowest BCUT2D eigenvalue weighted by Crippen LogP contribution is -2.51. The van der Waals surface area contributed by atoms with Crippen LogP contribution in [0.4, 0.5) is 5.82 Å². The third kappa shape index (κ3) is 4.24. The summed E-state index contributed by atoms with van der Waals surface area (Å²) in [6.45, 7) is 5.08. The van der Waals surface area contributed by atoms with Gasteiger partial charge in [-0.2, -0.15) is 0 Å². The first-order valence-electron chi connectivity index (χ1n) is 13.1. The highest BCUT2D eigenvalue weighted by atomic mass is 16.5. The van der Waals surface area contributed by atoms with Gasteiger partial charge in [0.25, 0.3) is 5.91 Å². The molecule has 38 heavy (non-hydrogen) atoms. The van der Waals surface area contributed by atoms with Crippen LogP contribution in [-0.2, 0) is 11.3 Å². The van der Waals surface area contributed by atoms with Gasteiger partial charge in [-0.1, -0.05) is 49.1 Å². The molecule has 0 N–H and O–H groups in total. The standard InChI is InChI=1S/C30H29N5O3/c1-3-33-28(37)26-27(35-20-30(32-29(33)35)17-7-8-18-30)34(19-23-11-14-24(15-12-23)38-21(2)36)25(31-26)16-13-22-9-5-4-6-10-22/h4-6,9-12,14-15H,3,7-8,17-20H2,1-2H3. The Morgan fingerprint density at radius 2 is 1.79 bits per heavy atom. The maximum atomic E-state index is 13.7. The number of hydrogen-bond acceptors (Lipinski definition) is 6. The van der Waals surface area contributed by atoms with Crippen LogP contribution in [0.25, 0.3) is 0 Å². The van der Waals surface area contributed by atoms with Crippen molar-refractivity contribution in [3.05, 3.63) is 77.2 Å². The van der Waals surface area contributed by atoms with E-state index in [1.165, 1.54) is 6.92 Å². The number of guanidine groups is 1. The van der Waals surface area contributed by atoms with E-state index in [2.05, 4.69) is 16.7 Å². The Balaban J connectivity index is 1.46. The van der Waals surface area contributed by atoms with Crippen LogP contribution in [0.5, 0.6) is 5.75 Å². The summed E-state index contributed by atoms with van der Waals surface area (Å²) in [6, 6.07) is 17.1. The van der Waals surface area contributed by atoms with Crippen LogP contribution in [0.15, 0.2) is 59.6 Å². The summed E-state index contributed by atoms with van der Waals surface area (Å²) in [7, 11) is 0. The molecule has 1 saturated carbocycles. The number of fused-ring (bicyclic) bond motifs is 3. The van der Waals surface area contributed by atoms with Crippen LogP contribution >= 0.6 is 0 Å². The van der Waals surface area contributed by atoms with Crippen LogP contribution in [0.2, 0.25) is 0 Å². The molecule has 2 aromatic carbocycles. The largest absolute Gasteiger partial charge is 0.427 e. The Kier molecular flexibility index (Phi) is 5.99. The molecule has 1 amide bonds. The van der Waals surface area contributed by atoms with Gasteiger partial charge in [0.05, 0.1) is 18.6 Å². The molecule has 0 radical (unpaired) electrons. The summed E-state index contributed by atoms with van der Waals surface area (Å²) in [6.07, 6.45) is 4.36. The van der Waals surface area contributed by atoms with Gasteiger partial charge < -0.3 is 4.74 Å². The van der Waals surface area contributed by atoms with Crippen molar-refractivity contribution in [3.8, 4) is 17.6 Å². The first-order valence-corrected chi connectivity index (χ1v) is 13.1. The van der Waals surface area contributed by atoms with Gasteiger partial charge >= 0.3 is 5.97 Å². The zero-order chi connectivity index (χ0) is 26.3. The van der Waals surface area contributed by atoms with Crippen LogP contribution in [0.3, 0.4) is 0 Å². The molecule has 1 spiro atoms. The molecular weight excluding hydrogens is 478 g/mol. The normalized spacial score (nSPS) is 17.1. The zero-order valence-corrected chi connectivity index (χ0v) is 21.6. The van der Waals surface area contributed by atoms with Crippen molar-refractivity contribution in [2.75, 3.05) is 18.0 Å². The highest BCUT2D eigenvalue weighted by Gasteiger charge is 2.49. The highest BCUT2D eigenvalue weighted by Crippen LogP contribution is 2.43. The lowest BCUT2D eigenvalue weighted by atomic mass is 9.99. The number of ether oxygens (including phenoxy) is 1. The SMILES string of the molecule is CCN1C(=O)c2nc(C#Cc3ccccc3)n(Cc3ccc(OC(C)=O)cc3)c2N2CC3(CCCC3)N=C12. The number of amides is 1. The summed E-state index contributed by atoms with van der Waals surface area (Å²) in [5, 5.41) is 0. The molecule has 2 aliphatic heterocycles. The minimum absolute atomic E-state index is 0.140.